The molecule has 0 unspecified atom stereocenters. The monoisotopic (exact) mass is 511 g/mol. The summed E-state index contributed by atoms with van der Waals surface area (Å²) in [5, 5.41) is 2.56. The summed E-state index contributed by atoms with van der Waals surface area (Å²) in [6.45, 7) is 9.31. The molecule has 0 bridgehead atoms. The number of fused-ring (bicyclic) bond motifs is 1. The van der Waals surface area contributed by atoms with E-state index in [4.69, 9.17) is 0 Å². The van der Waals surface area contributed by atoms with E-state index in [1.165, 1.54) is 77.6 Å². The van der Waals surface area contributed by atoms with Gasteiger partial charge in [0, 0.05) is 34.7 Å². The molecule has 5 heteroatoms. The van der Waals surface area contributed by atoms with Crippen LogP contribution in [0.15, 0.2) is 70.0 Å². The van der Waals surface area contributed by atoms with Crippen LogP contribution >= 0.6 is 27.9 Å². The van der Waals surface area contributed by atoms with Crippen LogP contribution in [0.2, 0.25) is 0 Å². The molecule has 0 radical (unpaired) electrons. The van der Waals surface area contributed by atoms with Crippen molar-refractivity contribution >= 4 is 44.3 Å². The van der Waals surface area contributed by atoms with Crippen LogP contribution in [0.5, 0.6) is 0 Å². The zero-order valence-electron chi connectivity index (χ0n) is 19.0. The van der Waals surface area contributed by atoms with Crippen LogP contribution in [0.3, 0.4) is 0 Å². The van der Waals surface area contributed by atoms with Crippen molar-refractivity contribution in [3.63, 3.8) is 0 Å². The maximum Gasteiger partial charge on any atom is 0.0447 e. The number of unbranched alkanes of at least 4 members (excludes halogenated alkanes) is 2. The molecule has 3 aromatic carbocycles. The predicted molar refractivity (Wildman–Crippen MR) is 143 cm³/mol. The maximum absolute atomic E-state index is 3.78. The third kappa shape index (κ3) is 6.74. The summed E-state index contributed by atoms with van der Waals surface area (Å²) in [5.41, 5.74) is 2.51. The molecular weight excluding hydrogens is 478 g/mol. The highest BCUT2D eigenvalue weighted by Crippen LogP contribution is 2.28. The molecule has 32 heavy (non-hydrogen) atoms. The van der Waals surface area contributed by atoms with E-state index in [-0.39, 0.29) is 0 Å². The third-order valence-corrected chi connectivity index (χ3v) is 7.81. The lowest BCUT2D eigenvalue weighted by molar-refractivity contribution is 0.248. The van der Waals surface area contributed by atoms with Crippen molar-refractivity contribution < 1.29 is 0 Å². The van der Waals surface area contributed by atoms with Crippen molar-refractivity contribution in [2.24, 2.45) is 0 Å². The fraction of sp³-hybridized carbons (Fsp3) is 0.407. The van der Waals surface area contributed by atoms with E-state index in [1.54, 1.807) is 11.9 Å². The van der Waals surface area contributed by atoms with Gasteiger partial charge in [-0.15, -0.1) is 0 Å². The summed E-state index contributed by atoms with van der Waals surface area (Å²) in [6.07, 6.45) is 5.26. The molecule has 0 amide bonds. The highest BCUT2D eigenvalue weighted by molar-refractivity contribution is 9.10. The number of nitrogens with one attached hydrogen (secondary N) is 1. The lowest BCUT2D eigenvalue weighted by Gasteiger charge is -2.22. The van der Waals surface area contributed by atoms with Gasteiger partial charge in [-0.25, -0.2) is 0 Å². The van der Waals surface area contributed by atoms with E-state index in [0.717, 1.165) is 18.8 Å². The Kier molecular flexibility index (Phi) is 8.92. The Bertz CT molecular complexity index is 1010. The van der Waals surface area contributed by atoms with E-state index in [9.17, 15) is 0 Å². The van der Waals surface area contributed by atoms with Crippen LogP contribution in [-0.4, -0.2) is 42.5 Å². The molecule has 1 saturated heterocycles. The molecule has 1 N–H and O–H groups in total. The van der Waals surface area contributed by atoms with Crippen molar-refractivity contribution in [3.05, 3.63) is 70.7 Å². The van der Waals surface area contributed by atoms with Crippen molar-refractivity contribution in [2.75, 3.05) is 37.4 Å². The summed E-state index contributed by atoms with van der Waals surface area (Å²) in [5.74, 6) is 0. The molecule has 3 nitrogen and oxygen atoms in total. The molecule has 0 aliphatic carbocycles. The summed E-state index contributed by atoms with van der Waals surface area (Å²) in [4.78, 5) is 6.49. The Balaban J connectivity index is 1.34. The fourth-order valence-corrected chi connectivity index (χ4v) is 5.40. The molecular formula is C27H34BrN3S. The van der Waals surface area contributed by atoms with Gasteiger partial charge < -0.3 is 9.62 Å². The zero-order chi connectivity index (χ0) is 22.2. The Hall–Kier alpha value is -1.53. The van der Waals surface area contributed by atoms with Crippen LogP contribution in [0.1, 0.15) is 38.2 Å². The van der Waals surface area contributed by atoms with Crippen LogP contribution in [0.25, 0.3) is 10.8 Å². The van der Waals surface area contributed by atoms with E-state index in [2.05, 4.69) is 98.0 Å². The number of hydrogen-bond donors (Lipinski definition) is 1. The Morgan fingerprint density at radius 3 is 2.56 bits per heavy atom. The van der Waals surface area contributed by atoms with E-state index < -0.39 is 0 Å². The first-order valence-electron chi connectivity index (χ1n) is 11.9. The summed E-state index contributed by atoms with van der Waals surface area (Å²) in [7, 11) is 0. The molecule has 0 saturated carbocycles. The minimum Gasteiger partial charge on any atom is -0.326 e. The Morgan fingerprint density at radius 2 is 1.69 bits per heavy atom. The van der Waals surface area contributed by atoms with Gasteiger partial charge >= 0.3 is 0 Å². The van der Waals surface area contributed by atoms with E-state index in [1.807, 2.05) is 0 Å². The smallest absolute Gasteiger partial charge is 0.0447 e. The summed E-state index contributed by atoms with van der Waals surface area (Å²) in [6, 6.07) is 21.8. The number of hydrogen-bond acceptors (Lipinski definition) is 4. The Labute approximate surface area is 205 Å². The fourth-order valence-electron chi connectivity index (χ4n) is 4.34. The van der Waals surface area contributed by atoms with Crippen LogP contribution in [-0.2, 0) is 6.54 Å². The average molecular weight is 513 g/mol. The quantitative estimate of drug-likeness (QED) is 0.237. The molecule has 0 aromatic heterocycles. The second-order valence-electron chi connectivity index (χ2n) is 8.70. The average Bonchev–Trinajstić information content (AvgIpc) is 3.05. The first-order valence-corrected chi connectivity index (χ1v) is 13.5. The highest BCUT2D eigenvalue weighted by Gasteiger charge is 2.16. The van der Waals surface area contributed by atoms with Gasteiger partial charge in [-0.2, -0.15) is 0 Å². The van der Waals surface area contributed by atoms with Crippen LogP contribution < -0.4 is 4.72 Å². The third-order valence-electron chi connectivity index (χ3n) is 6.21. The molecule has 1 fully saturated rings. The molecule has 1 aliphatic rings. The topological polar surface area (TPSA) is 18.5 Å². The van der Waals surface area contributed by atoms with Crippen molar-refractivity contribution in [1.82, 2.24) is 9.80 Å². The molecule has 0 atom stereocenters. The van der Waals surface area contributed by atoms with Crippen LogP contribution in [0, 0.1) is 0 Å². The highest BCUT2D eigenvalue weighted by atomic mass is 79.9. The maximum atomic E-state index is 3.78. The first kappa shape index (κ1) is 23.6. The predicted octanol–water partition coefficient (Wildman–Crippen LogP) is 7.42. The molecule has 3 aromatic rings. The minimum atomic E-state index is 1.000. The van der Waals surface area contributed by atoms with Crippen molar-refractivity contribution in [3.8, 4) is 0 Å². The van der Waals surface area contributed by atoms with Crippen molar-refractivity contribution in [1.29, 1.82) is 0 Å². The normalized spacial score (nSPS) is 15.7. The number of anilines is 1. The van der Waals surface area contributed by atoms with Gasteiger partial charge in [0.1, 0.15) is 0 Å². The van der Waals surface area contributed by atoms with Gasteiger partial charge in [-0.05, 0) is 91.1 Å². The minimum absolute atomic E-state index is 1.000. The van der Waals surface area contributed by atoms with Gasteiger partial charge in [0.2, 0.25) is 0 Å². The standard InChI is InChI=1S/C27H34BrN3S/c1-2-3-6-14-30-15-7-16-31(18-17-30)21-24-19-25(11-13-27(24)28)29-32-26-12-10-22-8-4-5-9-23(22)20-26/h4-5,8-13,19-20,29H,2-3,6-7,14-18,21H2,1H3. The van der Waals surface area contributed by atoms with Gasteiger partial charge in [-0.3, -0.25) is 4.90 Å². The number of halogens is 1. The zero-order valence-corrected chi connectivity index (χ0v) is 21.4. The lowest BCUT2D eigenvalue weighted by Crippen LogP contribution is -2.31. The SMILES string of the molecule is CCCCCN1CCCN(Cc2cc(NSc3ccc4ccccc4c3)ccc2Br)CC1. The van der Waals surface area contributed by atoms with Gasteiger partial charge in [0.25, 0.3) is 0 Å². The second-order valence-corrected chi connectivity index (χ2v) is 10.4. The second kappa shape index (κ2) is 12.1. The molecule has 170 valence electrons. The van der Waals surface area contributed by atoms with Gasteiger partial charge in [-0.1, -0.05) is 66.0 Å². The first-order chi connectivity index (χ1) is 15.7. The molecule has 1 aliphatic heterocycles. The molecule has 0 spiro atoms. The summed E-state index contributed by atoms with van der Waals surface area (Å²) < 4.78 is 4.74. The van der Waals surface area contributed by atoms with E-state index >= 15 is 0 Å². The molecule has 4 rings (SSSR count). The number of benzene rings is 3. The Morgan fingerprint density at radius 1 is 0.875 bits per heavy atom. The summed E-state index contributed by atoms with van der Waals surface area (Å²) >= 11 is 5.46. The van der Waals surface area contributed by atoms with Gasteiger partial charge in [0.15, 0.2) is 0 Å². The number of rotatable bonds is 9. The molecule has 1 heterocycles. The van der Waals surface area contributed by atoms with Gasteiger partial charge in [0.05, 0.1) is 0 Å². The number of nitrogens with zero attached hydrogens (tertiary/aromatic N) is 2. The van der Waals surface area contributed by atoms with E-state index in [0.29, 0.717) is 0 Å². The largest absolute Gasteiger partial charge is 0.326 e. The lowest BCUT2D eigenvalue weighted by atomic mass is 10.1. The van der Waals surface area contributed by atoms with Crippen LogP contribution in [0.4, 0.5) is 5.69 Å². The van der Waals surface area contributed by atoms with Crippen molar-refractivity contribution in [2.45, 2.75) is 44.0 Å².